The molecule has 2 rings (SSSR count). The lowest BCUT2D eigenvalue weighted by molar-refractivity contribution is -0.141. The number of carboxylic acid groups (broad SMARTS) is 1. The van der Waals surface area contributed by atoms with Crippen LogP contribution in [0.25, 0.3) is 11.3 Å². The molecule has 1 heterocycles. The van der Waals surface area contributed by atoms with E-state index in [0.29, 0.717) is 0 Å². The van der Waals surface area contributed by atoms with Gasteiger partial charge in [-0.1, -0.05) is 86.1 Å². The molecule has 0 spiro atoms. The number of hydrogen-bond donors (Lipinski definition) is 1. The average Bonchev–Trinajstić information content (AvgIpc) is 2.74. The minimum Gasteiger partial charge on any atom is -0.481 e. The Kier molecular flexibility index (Phi) is 10.3. The van der Waals surface area contributed by atoms with Crippen LogP contribution in [0.15, 0.2) is 36.7 Å². The Hall–Kier alpha value is -1.75. The number of rotatable bonds is 13. The number of aliphatic carboxylic acids is 1. The number of alkyl halides is 1. The topological polar surface area (TPSA) is 63.1 Å². The molecule has 1 aromatic heterocycles. The molecule has 0 saturated carbocycles. The standard InChI is InChI=1S/C24H33BrN2O2/c1-3-4-5-6-7-8-9-21-16-27-23(17-26-21)20-13-10-19(11-14-20)12-15-22(25)18(2)24(28)29/h10-11,13-14,16-18,22H,3-9,12,15H2,1-2H3,(H,28,29). The summed E-state index contributed by atoms with van der Waals surface area (Å²) < 4.78 is 0. The molecule has 2 atom stereocenters. The molecule has 0 fully saturated rings. The predicted octanol–water partition coefficient (Wildman–Crippen LogP) is 6.46. The number of unbranched alkanes of at least 4 members (excludes halogenated alkanes) is 5. The first kappa shape index (κ1) is 23.5. The monoisotopic (exact) mass is 460 g/mol. The van der Waals surface area contributed by atoms with Gasteiger partial charge in [-0.2, -0.15) is 0 Å². The molecule has 1 aromatic carbocycles. The van der Waals surface area contributed by atoms with Gasteiger partial charge in [0, 0.05) is 16.6 Å². The summed E-state index contributed by atoms with van der Waals surface area (Å²) in [6.07, 6.45) is 14.1. The first-order chi connectivity index (χ1) is 14.0. The Morgan fingerprint density at radius 1 is 1.00 bits per heavy atom. The van der Waals surface area contributed by atoms with Crippen molar-refractivity contribution in [3.63, 3.8) is 0 Å². The highest BCUT2D eigenvalue weighted by atomic mass is 79.9. The van der Waals surface area contributed by atoms with E-state index in [0.717, 1.165) is 36.2 Å². The second-order valence-corrected chi connectivity index (χ2v) is 8.97. The zero-order chi connectivity index (χ0) is 21.1. The number of benzene rings is 1. The van der Waals surface area contributed by atoms with Crippen molar-refractivity contribution in [3.8, 4) is 11.3 Å². The van der Waals surface area contributed by atoms with E-state index in [9.17, 15) is 4.79 Å². The largest absolute Gasteiger partial charge is 0.481 e. The van der Waals surface area contributed by atoms with Crippen molar-refractivity contribution >= 4 is 21.9 Å². The zero-order valence-electron chi connectivity index (χ0n) is 17.6. The van der Waals surface area contributed by atoms with Crippen LogP contribution in [0, 0.1) is 5.92 Å². The smallest absolute Gasteiger partial charge is 0.307 e. The fourth-order valence-electron chi connectivity index (χ4n) is 3.27. The lowest BCUT2D eigenvalue weighted by Gasteiger charge is -2.14. The molecule has 29 heavy (non-hydrogen) atoms. The quantitative estimate of drug-likeness (QED) is 0.275. The molecule has 0 bridgehead atoms. The molecule has 0 aliphatic carbocycles. The average molecular weight is 461 g/mol. The van der Waals surface area contributed by atoms with Gasteiger partial charge < -0.3 is 5.11 Å². The van der Waals surface area contributed by atoms with E-state index >= 15 is 0 Å². The molecule has 4 nitrogen and oxygen atoms in total. The van der Waals surface area contributed by atoms with E-state index in [1.165, 1.54) is 44.1 Å². The van der Waals surface area contributed by atoms with Gasteiger partial charge in [0.2, 0.25) is 0 Å². The summed E-state index contributed by atoms with van der Waals surface area (Å²) in [6.45, 7) is 3.98. The highest BCUT2D eigenvalue weighted by Gasteiger charge is 2.20. The van der Waals surface area contributed by atoms with Gasteiger partial charge in [-0.05, 0) is 31.2 Å². The van der Waals surface area contributed by atoms with Crippen molar-refractivity contribution in [1.82, 2.24) is 9.97 Å². The fraction of sp³-hybridized carbons (Fsp3) is 0.542. The Morgan fingerprint density at radius 2 is 1.69 bits per heavy atom. The lowest BCUT2D eigenvalue weighted by atomic mass is 10.00. The van der Waals surface area contributed by atoms with Crippen molar-refractivity contribution in [1.29, 1.82) is 0 Å². The van der Waals surface area contributed by atoms with E-state index in [1.807, 2.05) is 12.4 Å². The summed E-state index contributed by atoms with van der Waals surface area (Å²) in [5, 5.41) is 9.08. The lowest BCUT2D eigenvalue weighted by Crippen LogP contribution is -2.20. The van der Waals surface area contributed by atoms with Crippen molar-refractivity contribution in [2.24, 2.45) is 5.92 Å². The maximum atomic E-state index is 11.0. The molecular weight excluding hydrogens is 428 g/mol. The molecule has 2 unspecified atom stereocenters. The first-order valence-corrected chi connectivity index (χ1v) is 11.7. The molecule has 0 saturated heterocycles. The third-order valence-electron chi connectivity index (χ3n) is 5.38. The maximum absolute atomic E-state index is 11.0. The second-order valence-electron chi connectivity index (χ2n) is 7.79. The maximum Gasteiger partial charge on any atom is 0.307 e. The molecule has 0 radical (unpaired) electrons. The fourth-order valence-corrected chi connectivity index (χ4v) is 3.73. The minimum atomic E-state index is -0.763. The number of hydrogen-bond acceptors (Lipinski definition) is 3. The zero-order valence-corrected chi connectivity index (χ0v) is 19.2. The van der Waals surface area contributed by atoms with E-state index < -0.39 is 5.97 Å². The van der Waals surface area contributed by atoms with E-state index in [-0.39, 0.29) is 10.7 Å². The number of carbonyl (C=O) groups is 1. The van der Waals surface area contributed by atoms with Crippen LogP contribution in [0.2, 0.25) is 0 Å². The summed E-state index contributed by atoms with van der Waals surface area (Å²) in [5.41, 5.74) is 4.21. The van der Waals surface area contributed by atoms with E-state index in [1.54, 1.807) is 6.92 Å². The number of aryl methyl sites for hydroxylation is 2. The Morgan fingerprint density at radius 3 is 2.31 bits per heavy atom. The predicted molar refractivity (Wildman–Crippen MR) is 122 cm³/mol. The Balaban J connectivity index is 1.81. The molecule has 2 aromatic rings. The molecular formula is C24H33BrN2O2. The number of aromatic nitrogens is 2. The van der Waals surface area contributed by atoms with Gasteiger partial charge in [0.1, 0.15) is 0 Å². The van der Waals surface area contributed by atoms with Crippen LogP contribution in [0.4, 0.5) is 0 Å². The van der Waals surface area contributed by atoms with Crippen molar-refractivity contribution in [2.75, 3.05) is 0 Å². The summed E-state index contributed by atoms with van der Waals surface area (Å²) in [5.74, 6) is -1.15. The van der Waals surface area contributed by atoms with Gasteiger partial charge in [0.05, 0.1) is 23.5 Å². The number of nitrogens with zero attached hydrogens (tertiary/aromatic N) is 2. The summed E-state index contributed by atoms with van der Waals surface area (Å²) >= 11 is 3.49. The number of halogens is 1. The van der Waals surface area contributed by atoms with Crippen LogP contribution in [0.1, 0.15) is 70.1 Å². The van der Waals surface area contributed by atoms with Gasteiger partial charge in [-0.15, -0.1) is 0 Å². The van der Waals surface area contributed by atoms with Crippen molar-refractivity contribution in [3.05, 3.63) is 47.9 Å². The minimum absolute atomic E-state index is 0.0234. The highest BCUT2D eigenvalue weighted by Crippen LogP contribution is 2.22. The van der Waals surface area contributed by atoms with Crippen LogP contribution in [0.3, 0.4) is 0 Å². The van der Waals surface area contributed by atoms with Crippen molar-refractivity contribution < 1.29 is 9.90 Å². The van der Waals surface area contributed by atoms with Gasteiger partial charge in [0.25, 0.3) is 0 Å². The summed E-state index contributed by atoms with van der Waals surface area (Å²) in [4.78, 5) is 20.2. The van der Waals surface area contributed by atoms with E-state index in [2.05, 4.69) is 57.1 Å². The highest BCUT2D eigenvalue weighted by molar-refractivity contribution is 9.09. The van der Waals surface area contributed by atoms with Crippen LogP contribution < -0.4 is 0 Å². The van der Waals surface area contributed by atoms with Crippen LogP contribution in [0.5, 0.6) is 0 Å². The van der Waals surface area contributed by atoms with Crippen molar-refractivity contribution in [2.45, 2.75) is 76.5 Å². The third-order valence-corrected chi connectivity index (χ3v) is 6.63. The molecule has 158 valence electrons. The Labute approximate surface area is 183 Å². The molecule has 0 amide bonds. The normalized spacial score (nSPS) is 13.2. The van der Waals surface area contributed by atoms with Gasteiger partial charge in [0.15, 0.2) is 0 Å². The SMILES string of the molecule is CCCCCCCCc1cnc(-c2ccc(CCC(Br)C(C)C(=O)O)cc2)cn1. The number of carboxylic acids is 1. The van der Waals surface area contributed by atoms with Crippen LogP contribution >= 0.6 is 15.9 Å². The van der Waals surface area contributed by atoms with Crippen LogP contribution in [-0.4, -0.2) is 25.9 Å². The van der Waals surface area contributed by atoms with Gasteiger partial charge in [-0.3, -0.25) is 14.8 Å². The second kappa shape index (κ2) is 12.7. The van der Waals surface area contributed by atoms with Gasteiger partial charge in [-0.25, -0.2) is 0 Å². The molecule has 0 aliphatic rings. The third kappa shape index (κ3) is 8.25. The summed E-state index contributed by atoms with van der Waals surface area (Å²) in [6, 6.07) is 8.31. The first-order valence-electron chi connectivity index (χ1n) is 10.8. The summed E-state index contributed by atoms with van der Waals surface area (Å²) in [7, 11) is 0. The van der Waals surface area contributed by atoms with Gasteiger partial charge >= 0.3 is 5.97 Å². The van der Waals surface area contributed by atoms with E-state index in [4.69, 9.17) is 5.11 Å². The molecule has 5 heteroatoms. The molecule has 1 N–H and O–H groups in total. The van der Waals surface area contributed by atoms with Crippen LogP contribution in [-0.2, 0) is 17.6 Å². The Bertz CT molecular complexity index is 732. The molecule has 0 aliphatic heterocycles.